The van der Waals surface area contributed by atoms with Crippen molar-refractivity contribution in [3.63, 3.8) is 0 Å². The van der Waals surface area contributed by atoms with E-state index in [9.17, 15) is 4.79 Å². The van der Waals surface area contributed by atoms with Gasteiger partial charge in [0.2, 0.25) is 0 Å². The van der Waals surface area contributed by atoms with E-state index in [1.54, 1.807) is 6.92 Å². The van der Waals surface area contributed by atoms with E-state index >= 15 is 0 Å². The Morgan fingerprint density at radius 3 is 2.68 bits per heavy atom. The predicted octanol–water partition coefficient (Wildman–Crippen LogP) is 1.49. The number of esters is 1. The van der Waals surface area contributed by atoms with Crippen molar-refractivity contribution in [2.24, 2.45) is 5.73 Å². The molecule has 4 nitrogen and oxygen atoms in total. The van der Waals surface area contributed by atoms with Crippen LogP contribution in [0.4, 0.5) is 0 Å². The van der Waals surface area contributed by atoms with Gasteiger partial charge in [0.15, 0.2) is 0 Å². The van der Waals surface area contributed by atoms with Gasteiger partial charge in [-0.15, -0.1) is 0 Å². The zero-order valence-corrected chi connectivity index (χ0v) is 11.8. The molecule has 0 bridgehead atoms. The van der Waals surface area contributed by atoms with Crippen LogP contribution in [0.15, 0.2) is 30.3 Å². The molecule has 0 aliphatic carbocycles. The number of nitrogens with one attached hydrogen (secondary N) is 1. The summed E-state index contributed by atoms with van der Waals surface area (Å²) in [5, 5.41) is 3.27. The Morgan fingerprint density at radius 1 is 1.37 bits per heavy atom. The average Bonchev–Trinajstić information content (AvgIpc) is 2.43. The number of benzene rings is 1. The molecule has 3 N–H and O–H groups in total. The zero-order valence-electron chi connectivity index (χ0n) is 11.8. The van der Waals surface area contributed by atoms with E-state index < -0.39 is 6.04 Å². The number of carbonyl (C=O) groups is 1. The lowest BCUT2D eigenvalue weighted by Crippen LogP contribution is -2.44. The summed E-state index contributed by atoms with van der Waals surface area (Å²) in [6.07, 6.45) is 2.03. The second kappa shape index (κ2) is 8.67. The van der Waals surface area contributed by atoms with Crippen molar-refractivity contribution in [3.05, 3.63) is 35.9 Å². The number of hydrogen-bond acceptors (Lipinski definition) is 4. The molecular weight excluding hydrogens is 240 g/mol. The first kappa shape index (κ1) is 15.7. The molecule has 1 aromatic carbocycles. The molecule has 19 heavy (non-hydrogen) atoms. The molecule has 0 radical (unpaired) electrons. The Labute approximate surface area is 115 Å². The third kappa shape index (κ3) is 6.36. The minimum absolute atomic E-state index is 0.320. The molecule has 0 amide bonds. The predicted molar refractivity (Wildman–Crippen MR) is 76.8 cm³/mol. The Hall–Kier alpha value is -1.39. The van der Waals surface area contributed by atoms with E-state index in [4.69, 9.17) is 10.5 Å². The maximum absolute atomic E-state index is 11.3. The second-order valence-corrected chi connectivity index (χ2v) is 4.69. The van der Waals surface area contributed by atoms with Crippen LogP contribution in [0, 0.1) is 0 Å². The van der Waals surface area contributed by atoms with Gasteiger partial charge in [-0.05, 0) is 32.3 Å². The van der Waals surface area contributed by atoms with Gasteiger partial charge < -0.3 is 15.8 Å². The van der Waals surface area contributed by atoms with Crippen molar-refractivity contribution >= 4 is 5.97 Å². The van der Waals surface area contributed by atoms with Gasteiger partial charge in [0.1, 0.15) is 6.04 Å². The summed E-state index contributed by atoms with van der Waals surface area (Å²) in [5.74, 6) is -0.342. The van der Waals surface area contributed by atoms with E-state index in [-0.39, 0.29) is 5.97 Å². The minimum atomic E-state index is -0.584. The normalized spacial score (nSPS) is 13.8. The van der Waals surface area contributed by atoms with Crippen molar-refractivity contribution in [2.45, 2.75) is 38.8 Å². The van der Waals surface area contributed by atoms with Gasteiger partial charge in [0, 0.05) is 12.6 Å². The first-order chi connectivity index (χ1) is 9.13. The summed E-state index contributed by atoms with van der Waals surface area (Å²) < 4.78 is 4.86. The number of nitrogens with two attached hydrogens (primary N) is 1. The molecule has 0 spiro atoms. The largest absolute Gasteiger partial charge is 0.465 e. The molecule has 0 aromatic heterocycles. The fraction of sp³-hybridized carbons (Fsp3) is 0.533. The lowest BCUT2D eigenvalue weighted by molar-refractivity contribution is -0.144. The third-order valence-electron chi connectivity index (χ3n) is 2.98. The Morgan fingerprint density at radius 2 is 2.05 bits per heavy atom. The Kier molecular flexibility index (Phi) is 7.15. The molecule has 2 unspecified atom stereocenters. The van der Waals surface area contributed by atoms with Crippen LogP contribution in [0.3, 0.4) is 0 Å². The van der Waals surface area contributed by atoms with Crippen LogP contribution in [0.1, 0.15) is 25.8 Å². The van der Waals surface area contributed by atoms with E-state index in [0.29, 0.717) is 19.2 Å². The highest BCUT2D eigenvalue weighted by Crippen LogP contribution is 2.04. The van der Waals surface area contributed by atoms with Crippen LogP contribution in [0.25, 0.3) is 0 Å². The van der Waals surface area contributed by atoms with Gasteiger partial charge in [0.05, 0.1) is 6.61 Å². The molecule has 1 rings (SSSR count). The first-order valence-corrected chi connectivity index (χ1v) is 6.83. The number of hydrogen-bond donors (Lipinski definition) is 2. The average molecular weight is 264 g/mol. The van der Waals surface area contributed by atoms with Gasteiger partial charge in [-0.1, -0.05) is 30.3 Å². The zero-order chi connectivity index (χ0) is 14.1. The van der Waals surface area contributed by atoms with E-state index in [2.05, 4.69) is 24.4 Å². The van der Waals surface area contributed by atoms with Crippen LogP contribution in [0.5, 0.6) is 0 Å². The Bertz CT molecular complexity index is 368. The summed E-state index contributed by atoms with van der Waals surface area (Å²) in [7, 11) is 0. The van der Waals surface area contributed by atoms with Crippen molar-refractivity contribution in [1.29, 1.82) is 0 Å². The standard InChI is InChI=1S/C15H24N2O2/c1-3-19-15(18)14(16)11-17-12(2)9-10-13-7-5-4-6-8-13/h4-8,12,14,17H,3,9-11,16H2,1-2H3. The molecule has 4 heteroatoms. The Balaban J connectivity index is 2.21. The van der Waals surface area contributed by atoms with Crippen LogP contribution < -0.4 is 11.1 Å². The topological polar surface area (TPSA) is 64.3 Å². The molecular formula is C15H24N2O2. The quantitative estimate of drug-likeness (QED) is 0.698. The molecule has 0 aliphatic heterocycles. The summed E-state index contributed by atoms with van der Waals surface area (Å²) in [5.41, 5.74) is 7.05. The summed E-state index contributed by atoms with van der Waals surface area (Å²) in [6, 6.07) is 10.1. The maximum atomic E-state index is 11.3. The van der Waals surface area contributed by atoms with Crippen molar-refractivity contribution < 1.29 is 9.53 Å². The number of rotatable bonds is 8. The van der Waals surface area contributed by atoms with Gasteiger partial charge in [0.25, 0.3) is 0 Å². The number of carbonyl (C=O) groups excluding carboxylic acids is 1. The van der Waals surface area contributed by atoms with Gasteiger partial charge in [-0.2, -0.15) is 0 Å². The summed E-state index contributed by atoms with van der Waals surface area (Å²) >= 11 is 0. The highest BCUT2D eigenvalue weighted by atomic mass is 16.5. The van der Waals surface area contributed by atoms with Crippen LogP contribution in [-0.2, 0) is 16.0 Å². The lowest BCUT2D eigenvalue weighted by Gasteiger charge is -2.16. The van der Waals surface area contributed by atoms with Gasteiger partial charge in [-0.3, -0.25) is 4.79 Å². The second-order valence-electron chi connectivity index (χ2n) is 4.69. The summed E-state index contributed by atoms with van der Waals surface area (Å²) in [4.78, 5) is 11.3. The van der Waals surface area contributed by atoms with Crippen molar-refractivity contribution in [1.82, 2.24) is 5.32 Å². The van der Waals surface area contributed by atoms with Crippen LogP contribution >= 0.6 is 0 Å². The molecule has 0 aliphatic rings. The van der Waals surface area contributed by atoms with Gasteiger partial charge >= 0.3 is 5.97 Å². The molecule has 2 atom stereocenters. The molecule has 0 fully saturated rings. The van der Waals surface area contributed by atoms with Crippen LogP contribution in [-0.4, -0.2) is 31.2 Å². The number of aryl methyl sites for hydroxylation is 1. The summed E-state index contributed by atoms with van der Waals surface area (Å²) in [6.45, 7) is 4.70. The lowest BCUT2D eigenvalue weighted by atomic mass is 10.1. The fourth-order valence-electron chi connectivity index (χ4n) is 1.79. The number of ether oxygens (including phenoxy) is 1. The maximum Gasteiger partial charge on any atom is 0.324 e. The van der Waals surface area contributed by atoms with E-state index in [1.807, 2.05) is 18.2 Å². The van der Waals surface area contributed by atoms with Crippen molar-refractivity contribution in [2.75, 3.05) is 13.2 Å². The fourth-order valence-corrected chi connectivity index (χ4v) is 1.79. The molecule has 0 saturated heterocycles. The third-order valence-corrected chi connectivity index (χ3v) is 2.98. The molecule has 0 heterocycles. The first-order valence-electron chi connectivity index (χ1n) is 6.83. The minimum Gasteiger partial charge on any atom is -0.465 e. The molecule has 106 valence electrons. The highest BCUT2D eigenvalue weighted by molar-refractivity contribution is 5.75. The molecule has 1 aromatic rings. The SMILES string of the molecule is CCOC(=O)C(N)CNC(C)CCc1ccccc1. The highest BCUT2D eigenvalue weighted by Gasteiger charge is 2.14. The van der Waals surface area contributed by atoms with Gasteiger partial charge in [-0.25, -0.2) is 0 Å². The van der Waals surface area contributed by atoms with Crippen LogP contribution in [0.2, 0.25) is 0 Å². The van der Waals surface area contributed by atoms with E-state index in [0.717, 1.165) is 12.8 Å². The van der Waals surface area contributed by atoms with Crippen molar-refractivity contribution in [3.8, 4) is 0 Å². The smallest absolute Gasteiger partial charge is 0.324 e. The van der Waals surface area contributed by atoms with E-state index in [1.165, 1.54) is 5.56 Å². The molecule has 0 saturated carbocycles. The monoisotopic (exact) mass is 264 g/mol.